The number of carbonyl (C=O) groups excluding carboxylic acids is 2. The van der Waals surface area contributed by atoms with Crippen LogP contribution in [0.2, 0.25) is 0 Å². The molecule has 5 nitrogen and oxygen atoms in total. The molecule has 174 valence electrons. The fraction of sp³-hybridized carbons (Fsp3) is 0.241. The Hall–Kier alpha value is -3.86. The Morgan fingerprint density at radius 3 is 2.21 bits per heavy atom. The molecule has 2 atom stereocenters. The van der Waals surface area contributed by atoms with Crippen molar-refractivity contribution in [2.45, 2.75) is 25.3 Å². The summed E-state index contributed by atoms with van der Waals surface area (Å²) < 4.78 is 5.15. The van der Waals surface area contributed by atoms with Gasteiger partial charge in [0, 0.05) is 23.8 Å². The first-order valence-electron chi connectivity index (χ1n) is 11.6. The van der Waals surface area contributed by atoms with Crippen molar-refractivity contribution in [1.82, 2.24) is 4.90 Å². The van der Waals surface area contributed by atoms with Gasteiger partial charge in [0.15, 0.2) is 0 Å². The van der Waals surface area contributed by atoms with Crippen LogP contribution in [0, 0.1) is 5.92 Å². The summed E-state index contributed by atoms with van der Waals surface area (Å²) in [5.74, 6) is -0.783. The van der Waals surface area contributed by atoms with Crippen LogP contribution in [-0.2, 0) is 16.0 Å². The van der Waals surface area contributed by atoms with Gasteiger partial charge in [0.25, 0.3) is 5.91 Å². The topological polar surface area (TPSA) is 72.6 Å². The van der Waals surface area contributed by atoms with Crippen LogP contribution in [0.15, 0.2) is 85.4 Å². The summed E-state index contributed by atoms with van der Waals surface area (Å²) in [4.78, 5) is 28.1. The molecular weight excluding hydrogens is 424 g/mol. The van der Waals surface area contributed by atoms with Crippen molar-refractivity contribution in [3.8, 4) is 11.1 Å². The molecule has 0 radical (unpaired) electrons. The molecule has 0 bridgehead atoms. The van der Waals surface area contributed by atoms with Crippen LogP contribution in [0.25, 0.3) is 16.8 Å². The third-order valence-electron chi connectivity index (χ3n) is 6.55. The van der Waals surface area contributed by atoms with Crippen LogP contribution in [0.1, 0.15) is 34.3 Å². The van der Waals surface area contributed by atoms with Gasteiger partial charge in [-0.3, -0.25) is 9.59 Å². The van der Waals surface area contributed by atoms with Gasteiger partial charge in [0.05, 0.1) is 13.0 Å². The summed E-state index contributed by atoms with van der Waals surface area (Å²) in [5, 5.41) is 0. The first-order valence-corrected chi connectivity index (χ1v) is 11.6. The SMILES string of the molecule is C=C(N)c1ccc(CC(C(=O)OC)C2CCCN2C(=O)c2ccc(-c3ccccc3)cc2)cc1. The van der Waals surface area contributed by atoms with Gasteiger partial charge >= 0.3 is 5.97 Å². The molecule has 1 fully saturated rings. The van der Waals surface area contributed by atoms with Gasteiger partial charge < -0.3 is 15.4 Å². The molecule has 0 aromatic heterocycles. The van der Waals surface area contributed by atoms with E-state index >= 15 is 0 Å². The van der Waals surface area contributed by atoms with Gasteiger partial charge in [-0.25, -0.2) is 0 Å². The van der Waals surface area contributed by atoms with Gasteiger partial charge in [0.1, 0.15) is 0 Å². The van der Waals surface area contributed by atoms with Gasteiger partial charge in [0.2, 0.25) is 0 Å². The Kier molecular flexibility index (Phi) is 7.12. The highest BCUT2D eigenvalue weighted by molar-refractivity contribution is 5.95. The molecule has 34 heavy (non-hydrogen) atoms. The number of nitrogens with zero attached hydrogens (tertiary/aromatic N) is 1. The summed E-state index contributed by atoms with van der Waals surface area (Å²) >= 11 is 0. The van der Waals surface area contributed by atoms with E-state index in [1.807, 2.05) is 83.8 Å². The number of ether oxygens (including phenoxy) is 1. The average Bonchev–Trinajstić information content (AvgIpc) is 3.37. The van der Waals surface area contributed by atoms with E-state index in [0.717, 1.165) is 35.1 Å². The molecule has 1 heterocycles. The normalized spacial score (nSPS) is 16.1. The number of hydrogen-bond donors (Lipinski definition) is 1. The summed E-state index contributed by atoms with van der Waals surface area (Å²) in [5.41, 5.74) is 10.9. The molecule has 4 rings (SSSR count). The lowest BCUT2D eigenvalue weighted by molar-refractivity contribution is -0.147. The van der Waals surface area contributed by atoms with E-state index in [-0.39, 0.29) is 17.9 Å². The Labute approximate surface area is 200 Å². The zero-order chi connectivity index (χ0) is 24.1. The zero-order valence-corrected chi connectivity index (χ0v) is 19.4. The summed E-state index contributed by atoms with van der Waals surface area (Å²) in [6, 6.07) is 25.2. The Balaban J connectivity index is 1.54. The lowest BCUT2D eigenvalue weighted by Gasteiger charge is -2.30. The van der Waals surface area contributed by atoms with Crippen LogP contribution < -0.4 is 5.73 Å². The number of benzene rings is 3. The molecular formula is C29H30N2O3. The van der Waals surface area contributed by atoms with Gasteiger partial charge in [-0.15, -0.1) is 0 Å². The third kappa shape index (κ3) is 5.04. The van der Waals surface area contributed by atoms with Gasteiger partial charge in [-0.1, -0.05) is 73.3 Å². The molecule has 2 N–H and O–H groups in total. The minimum Gasteiger partial charge on any atom is -0.469 e. The Morgan fingerprint density at radius 2 is 1.59 bits per heavy atom. The second-order valence-corrected chi connectivity index (χ2v) is 8.71. The molecule has 1 amide bonds. The molecule has 5 heteroatoms. The average molecular weight is 455 g/mol. The van der Waals surface area contributed by atoms with E-state index in [9.17, 15) is 9.59 Å². The number of rotatable bonds is 7. The molecule has 3 aromatic rings. The van der Waals surface area contributed by atoms with Crippen molar-refractivity contribution in [1.29, 1.82) is 0 Å². The second-order valence-electron chi connectivity index (χ2n) is 8.71. The smallest absolute Gasteiger partial charge is 0.311 e. The summed E-state index contributed by atoms with van der Waals surface area (Å²) in [6.45, 7) is 4.39. The highest BCUT2D eigenvalue weighted by atomic mass is 16.5. The number of nitrogens with two attached hydrogens (primary N) is 1. The summed E-state index contributed by atoms with van der Waals surface area (Å²) in [7, 11) is 1.40. The molecule has 1 saturated heterocycles. The molecule has 2 unspecified atom stereocenters. The minimum absolute atomic E-state index is 0.0502. The Morgan fingerprint density at radius 1 is 0.971 bits per heavy atom. The Bertz CT molecular complexity index is 1150. The number of methoxy groups -OCH3 is 1. The van der Waals surface area contributed by atoms with Crippen molar-refractivity contribution in [3.05, 3.63) is 102 Å². The molecule has 1 aliphatic rings. The van der Waals surface area contributed by atoms with E-state index in [1.165, 1.54) is 7.11 Å². The van der Waals surface area contributed by atoms with E-state index in [1.54, 1.807) is 0 Å². The lowest BCUT2D eigenvalue weighted by Crippen LogP contribution is -2.44. The van der Waals surface area contributed by atoms with E-state index < -0.39 is 5.92 Å². The number of carbonyl (C=O) groups is 2. The molecule has 0 spiro atoms. The van der Waals surface area contributed by atoms with Crippen LogP contribution >= 0.6 is 0 Å². The molecule has 0 aliphatic carbocycles. The van der Waals surface area contributed by atoms with Crippen LogP contribution in [0.5, 0.6) is 0 Å². The van der Waals surface area contributed by atoms with Gasteiger partial charge in [-0.2, -0.15) is 0 Å². The minimum atomic E-state index is -0.438. The lowest BCUT2D eigenvalue weighted by atomic mass is 9.89. The van der Waals surface area contributed by atoms with Crippen LogP contribution in [0.4, 0.5) is 0 Å². The van der Waals surface area contributed by atoms with Crippen LogP contribution in [-0.4, -0.2) is 36.5 Å². The number of esters is 1. The molecule has 1 aliphatic heterocycles. The zero-order valence-electron chi connectivity index (χ0n) is 19.4. The maximum absolute atomic E-state index is 13.4. The fourth-order valence-corrected chi connectivity index (χ4v) is 4.70. The van der Waals surface area contributed by atoms with Crippen molar-refractivity contribution in [3.63, 3.8) is 0 Å². The first-order chi connectivity index (χ1) is 16.5. The maximum Gasteiger partial charge on any atom is 0.311 e. The van der Waals surface area contributed by atoms with Crippen molar-refractivity contribution in [2.75, 3.05) is 13.7 Å². The highest BCUT2D eigenvalue weighted by Gasteiger charge is 2.39. The summed E-state index contributed by atoms with van der Waals surface area (Å²) in [6.07, 6.45) is 2.12. The largest absolute Gasteiger partial charge is 0.469 e. The monoisotopic (exact) mass is 454 g/mol. The quantitative estimate of drug-likeness (QED) is 0.515. The van der Waals surface area contributed by atoms with E-state index in [0.29, 0.717) is 24.2 Å². The molecule has 0 saturated carbocycles. The number of likely N-dealkylation sites (tertiary alicyclic amines) is 1. The van der Waals surface area contributed by atoms with Gasteiger partial charge in [-0.05, 0) is 53.6 Å². The van der Waals surface area contributed by atoms with E-state index in [4.69, 9.17) is 10.5 Å². The predicted molar refractivity (Wildman–Crippen MR) is 135 cm³/mol. The number of hydrogen-bond acceptors (Lipinski definition) is 4. The van der Waals surface area contributed by atoms with Crippen molar-refractivity contribution < 1.29 is 14.3 Å². The van der Waals surface area contributed by atoms with E-state index in [2.05, 4.69) is 6.58 Å². The maximum atomic E-state index is 13.4. The predicted octanol–water partition coefficient (Wildman–Crippen LogP) is 4.92. The standard InChI is InChI=1S/C29H30N2O3/c1-20(30)22-12-10-21(11-13-22)19-26(29(33)34-2)27-9-6-18-31(27)28(32)25-16-14-24(15-17-25)23-7-4-3-5-8-23/h3-5,7-8,10-17,26-27H,1,6,9,18-19,30H2,2H3. The van der Waals surface area contributed by atoms with Crippen LogP contribution in [0.3, 0.4) is 0 Å². The number of amides is 1. The second kappa shape index (κ2) is 10.4. The van der Waals surface area contributed by atoms with Crippen molar-refractivity contribution >= 4 is 17.6 Å². The molecule has 3 aromatic carbocycles. The first kappa shape index (κ1) is 23.3. The third-order valence-corrected chi connectivity index (χ3v) is 6.55. The fourth-order valence-electron chi connectivity index (χ4n) is 4.70. The van der Waals surface area contributed by atoms with Crippen molar-refractivity contribution in [2.24, 2.45) is 11.7 Å². The highest BCUT2D eigenvalue weighted by Crippen LogP contribution is 2.30.